The van der Waals surface area contributed by atoms with E-state index in [1.165, 1.54) is 49.0 Å². The zero-order valence-corrected chi connectivity index (χ0v) is 23.0. The third-order valence-electron chi connectivity index (χ3n) is 2.62. The molecule has 0 aliphatic rings. The van der Waals surface area contributed by atoms with Gasteiger partial charge in [-0.25, -0.2) is 0 Å². The molecule has 0 heterocycles. The van der Waals surface area contributed by atoms with Gasteiger partial charge in [0, 0.05) is 17.4 Å². The van der Waals surface area contributed by atoms with Crippen LogP contribution in [0.5, 0.6) is 0 Å². The maximum absolute atomic E-state index is 10.6. The Bertz CT molecular complexity index is 632. The molecule has 0 fully saturated rings. The number of Topliss-reactive ketones (excluding diaryl/α,β-unsaturated/α-hetero) is 4. The standard InChI is InChI=1S/C7H12O3.3C5H8O3.Al/c1-5(2)10-7(9)4-6(3)8;3*1-4(6)3-5(7)8-2;/h5H,4H2,1-3H3;3*3H2,1-2H3;. The first-order valence-corrected chi connectivity index (χ1v) is 9.89. The Morgan fingerprint density at radius 1 is 0.486 bits per heavy atom. The van der Waals surface area contributed by atoms with Crippen LogP contribution >= 0.6 is 0 Å². The SMILES string of the molecule is CC(=O)CC(=O)OC(C)C.COC(=O)CC(C)=O.COC(=O)CC(C)=O.COC(=O)CC(C)=O.[Al]. The first-order valence-electron chi connectivity index (χ1n) is 9.89. The molecule has 0 aromatic rings. The molecule has 0 saturated heterocycles. The molecular formula is C22H36AlO12. The smallest absolute Gasteiger partial charge is 0.313 e. The van der Waals surface area contributed by atoms with Crippen LogP contribution in [0.3, 0.4) is 0 Å². The van der Waals surface area contributed by atoms with Crippen molar-refractivity contribution in [2.75, 3.05) is 21.3 Å². The molecule has 0 aliphatic carbocycles. The fraction of sp³-hybridized carbons (Fsp3) is 0.636. The highest BCUT2D eigenvalue weighted by Gasteiger charge is 2.07. The molecule has 35 heavy (non-hydrogen) atoms. The zero-order chi connectivity index (χ0) is 27.9. The number of ketones is 4. The van der Waals surface area contributed by atoms with Gasteiger partial charge in [-0.2, -0.15) is 0 Å². The Hall–Kier alpha value is -2.91. The fourth-order valence-electron chi connectivity index (χ4n) is 1.33. The fourth-order valence-corrected chi connectivity index (χ4v) is 1.33. The van der Waals surface area contributed by atoms with Crippen molar-refractivity contribution < 1.29 is 57.3 Å². The van der Waals surface area contributed by atoms with Crippen LogP contribution < -0.4 is 0 Å². The molecule has 0 bridgehead atoms. The Labute approximate surface area is 216 Å². The van der Waals surface area contributed by atoms with Crippen LogP contribution in [0.4, 0.5) is 0 Å². The quantitative estimate of drug-likeness (QED) is 0.183. The van der Waals surface area contributed by atoms with Gasteiger partial charge in [-0.15, -0.1) is 0 Å². The predicted molar refractivity (Wildman–Crippen MR) is 124 cm³/mol. The minimum Gasteiger partial charge on any atom is -0.469 e. The molecule has 0 aromatic carbocycles. The summed E-state index contributed by atoms with van der Waals surface area (Å²) in [6, 6.07) is 0. The summed E-state index contributed by atoms with van der Waals surface area (Å²) in [5.41, 5.74) is 0. The number of rotatable bonds is 9. The number of hydrogen-bond donors (Lipinski definition) is 0. The lowest BCUT2D eigenvalue weighted by atomic mass is 10.3. The second-order valence-electron chi connectivity index (χ2n) is 6.78. The summed E-state index contributed by atoms with van der Waals surface area (Å²) >= 11 is 0. The molecule has 0 aromatic heterocycles. The number of ether oxygens (including phenoxy) is 4. The Balaban J connectivity index is -0.000000114. The summed E-state index contributed by atoms with van der Waals surface area (Å²) in [5.74, 6) is -2.54. The number of hydrogen-bond acceptors (Lipinski definition) is 12. The lowest BCUT2D eigenvalue weighted by Gasteiger charge is -2.05. The topological polar surface area (TPSA) is 173 Å². The van der Waals surface area contributed by atoms with Crippen molar-refractivity contribution in [2.45, 2.75) is 73.3 Å². The van der Waals surface area contributed by atoms with Gasteiger partial charge >= 0.3 is 23.9 Å². The molecule has 0 amide bonds. The highest BCUT2D eigenvalue weighted by molar-refractivity contribution is 5.95. The Morgan fingerprint density at radius 2 is 0.686 bits per heavy atom. The maximum atomic E-state index is 10.6. The molecule has 0 N–H and O–H groups in total. The van der Waals surface area contributed by atoms with Crippen LogP contribution in [-0.2, 0) is 57.3 Å². The summed E-state index contributed by atoms with van der Waals surface area (Å²) in [6.07, 6.45) is -0.589. The molecule has 12 nitrogen and oxygen atoms in total. The summed E-state index contributed by atoms with van der Waals surface area (Å²) < 4.78 is 17.3. The van der Waals surface area contributed by atoms with Crippen molar-refractivity contribution in [3.8, 4) is 0 Å². The summed E-state index contributed by atoms with van der Waals surface area (Å²) in [5, 5.41) is 0. The Morgan fingerprint density at radius 3 is 0.800 bits per heavy atom. The van der Waals surface area contributed by atoms with E-state index in [-0.39, 0.29) is 72.3 Å². The summed E-state index contributed by atoms with van der Waals surface area (Å²) in [7, 11) is 3.77. The average Bonchev–Trinajstić information content (AvgIpc) is 2.66. The minimum absolute atomic E-state index is 0. The van der Waals surface area contributed by atoms with Crippen molar-refractivity contribution in [1.29, 1.82) is 0 Å². The highest BCUT2D eigenvalue weighted by atomic mass is 27.0. The van der Waals surface area contributed by atoms with E-state index in [9.17, 15) is 38.4 Å². The van der Waals surface area contributed by atoms with E-state index in [4.69, 9.17) is 4.74 Å². The molecule has 0 spiro atoms. The van der Waals surface area contributed by atoms with Crippen molar-refractivity contribution in [3.05, 3.63) is 0 Å². The second-order valence-corrected chi connectivity index (χ2v) is 6.78. The van der Waals surface area contributed by atoms with E-state index in [0.29, 0.717) is 0 Å². The van der Waals surface area contributed by atoms with Gasteiger partial charge in [0.1, 0.15) is 48.8 Å². The first-order chi connectivity index (χ1) is 15.5. The van der Waals surface area contributed by atoms with Crippen molar-refractivity contribution in [2.24, 2.45) is 0 Å². The number of esters is 4. The number of carbonyl (C=O) groups excluding carboxylic acids is 8. The third kappa shape index (κ3) is 49.3. The molecule has 0 saturated carbocycles. The van der Waals surface area contributed by atoms with Crippen LogP contribution in [0, 0.1) is 0 Å². The van der Waals surface area contributed by atoms with Crippen LogP contribution in [0.1, 0.15) is 67.2 Å². The highest BCUT2D eigenvalue weighted by Crippen LogP contribution is 1.93. The van der Waals surface area contributed by atoms with E-state index >= 15 is 0 Å². The van der Waals surface area contributed by atoms with Gasteiger partial charge in [0.05, 0.1) is 27.4 Å². The largest absolute Gasteiger partial charge is 0.469 e. The summed E-state index contributed by atoms with van der Waals surface area (Å²) in [6.45, 7) is 8.89. The lowest BCUT2D eigenvalue weighted by molar-refractivity contribution is -0.149. The van der Waals surface area contributed by atoms with E-state index in [1.807, 2.05) is 0 Å². The minimum atomic E-state index is -0.475. The molecule has 13 heteroatoms. The molecule has 0 unspecified atom stereocenters. The van der Waals surface area contributed by atoms with Gasteiger partial charge in [-0.05, 0) is 41.5 Å². The van der Waals surface area contributed by atoms with Gasteiger partial charge in [0.2, 0.25) is 0 Å². The first kappa shape index (κ1) is 42.3. The molecule has 199 valence electrons. The van der Waals surface area contributed by atoms with Crippen LogP contribution in [0.2, 0.25) is 0 Å². The van der Waals surface area contributed by atoms with Crippen LogP contribution in [-0.4, -0.2) is 91.8 Å². The van der Waals surface area contributed by atoms with Crippen molar-refractivity contribution >= 4 is 64.4 Å². The van der Waals surface area contributed by atoms with Crippen molar-refractivity contribution in [3.63, 3.8) is 0 Å². The van der Waals surface area contributed by atoms with E-state index in [2.05, 4.69) is 14.2 Å². The number of methoxy groups -OCH3 is 3. The van der Waals surface area contributed by atoms with Gasteiger partial charge in [-0.3, -0.25) is 38.4 Å². The maximum Gasteiger partial charge on any atom is 0.313 e. The molecule has 0 atom stereocenters. The van der Waals surface area contributed by atoms with E-state index < -0.39 is 23.9 Å². The van der Waals surface area contributed by atoms with Gasteiger partial charge in [0.25, 0.3) is 0 Å². The van der Waals surface area contributed by atoms with Crippen LogP contribution in [0.15, 0.2) is 0 Å². The van der Waals surface area contributed by atoms with E-state index in [1.54, 1.807) is 13.8 Å². The zero-order valence-electron chi connectivity index (χ0n) is 21.9. The summed E-state index contributed by atoms with van der Waals surface area (Å²) in [4.78, 5) is 81.8. The van der Waals surface area contributed by atoms with Crippen LogP contribution in [0.25, 0.3) is 0 Å². The van der Waals surface area contributed by atoms with Gasteiger partial charge in [-0.1, -0.05) is 0 Å². The molecule has 0 rings (SSSR count). The van der Waals surface area contributed by atoms with E-state index in [0.717, 1.165) is 0 Å². The molecule has 0 aliphatic heterocycles. The lowest BCUT2D eigenvalue weighted by Crippen LogP contribution is -2.13. The van der Waals surface area contributed by atoms with Gasteiger partial charge < -0.3 is 18.9 Å². The predicted octanol–water partition coefficient (Wildman–Crippen LogP) is 0.952. The monoisotopic (exact) mass is 519 g/mol. The Kier molecular flexibility index (Phi) is 33.0. The third-order valence-corrected chi connectivity index (χ3v) is 2.62. The van der Waals surface area contributed by atoms with Crippen molar-refractivity contribution in [1.82, 2.24) is 0 Å². The molecule has 3 radical (unpaired) electrons. The molecular weight excluding hydrogens is 483 g/mol. The average molecular weight is 520 g/mol. The second kappa shape index (κ2) is 27.3. The normalized spacial score (nSPS) is 8.40. The van der Waals surface area contributed by atoms with Gasteiger partial charge in [0.15, 0.2) is 0 Å². The number of carbonyl (C=O) groups is 8.